The first-order valence-electron chi connectivity index (χ1n) is 7.35. The second kappa shape index (κ2) is 4.13. The van der Waals surface area contributed by atoms with Crippen LogP contribution in [0.3, 0.4) is 0 Å². The molecule has 0 fully saturated rings. The summed E-state index contributed by atoms with van der Waals surface area (Å²) in [7, 11) is 0. The molecule has 4 aromatic carbocycles. The van der Waals surface area contributed by atoms with Gasteiger partial charge in [0.15, 0.2) is 0 Å². The van der Waals surface area contributed by atoms with Crippen LogP contribution in [0, 0.1) is 0 Å². The minimum absolute atomic E-state index is 0.594. The van der Waals surface area contributed by atoms with Gasteiger partial charge in [-0.2, -0.15) is 0 Å². The van der Waals surface area contributed by atoms with E-state index in [-0.39, 0.29) is 0 Å². The summed E-state index contributed by atoms with van der Waals surface area (Å²) in [6, 6.07) is 18.9. The highest BCUT2D eigenvalue weighted by molar-refractivity contribution is 7.81. The number of aliphatic hydroxyl groups excluding tert-OH is 1. The summed E-state index contributed by atoms with van der Waals surface area (Å²) >= 11 is 5.39. The molecule has 4 aromatic rings. The standard InChI is InChI=1S/C20H12OS/c21-20-16(22)10-12-6-3-8-14-13-7-1-4-11-5-2-9-15(17(11)13)19(20)18(12)14/h1-10,20-21H. The summed E-state index contributed by atoms with van der Waals surface area (Å²) in [5.41, 5.74) is 0.961. The molecule has 0 saturated heterocycles. The molecule has 2 heteroatoms. The van der Waals surface area contributed by atoms with Crippen LogP contribution in [0.5, 0.6) is 0 Å². The number of benzene rings is 4. The van der Waals surface area contributed by atoms with Crippen molar-refractivity contribution >= 4 is 55.5 Å². The maximum Gasteiger partial charge on any atom is 0.115 e. The van der Waals surface area contributed by atoms with Crippen LogP contribution in [0.4, 0.5) is 0 Å². The average Bonchev–Trinajstić information content (AvgIpc) is 2.55. The Labute approximate surface area is 132 Å². The first kappa shape index (κ1) is 12.3. The van der Waals surface area contributed by atoms with Crippen LogP contribution in [0.2, 0.25) is 0 Å². The third kappa shape index (κ3) is 1.39. The van der Waals surface area contributed by atoms with E-state index in [0.29, 0.717) is 4.86 Å². The topological polar surface area (TPSA) is 20.2 Å². The lowest BCUT2D eigenvalue weighted by Gasteiger charge is -2.22. The van der Waals surface area contributed by atoms with Crippen molar-refractivity contribution in [3.63, 3.8) is 0 Å². The van der Waals surface area contributed by atoms with Gasteiger partial charge in [0.25, 0.3) is 0 Å². The minimum atomic E-state index is -0.706. The fraction of sp³-hybridized carbons (Fsp3) is 0.0500. The number of hydrogen-bond donors (Lipinski definition) is 1. The molecule has 22 heavy (non-hydrogen) atoms. The normalized spacial score (nSPS) is 17.3. The van der Waals surface area contributed by atoms with Crippen LogP contribution in [-0.2, 0) is 0 Å². The van der Waals surface area contributed by atoms with Crippen LogP contribution in [0.1, 0.15) is 11.7 Å². The van der Waals surface area contributed by atoms with Gasteiger partial charge in [-0.05, 0) is 43.6 Å². The van der Waals surface area contributed by atoms with Crippen molar-refractivity contribution in [1.29, 1.82) is 0 Å². The third-order valence-corrected chi connectivity index (χ3v) is 5.03. The van der Waals surface area contributed by atoms with Crippen molar-refractivity contribution < 1.29 is 5.11 Å². The van der Waals surface area contributed by atoms with Gasteiger partial charge in [-0.1, -0.05) is 66.8 Å². The Morgan fingerprint density at radius 1 is 0.773 bits per heavy atom. The molecule has 1 nitrogen and oxygen atoms in total. The SMILES string of the molecule is OC1C(=S)C=c2cccc3c2c1c1cccc2cccc3c21. The van der Waals surface area contributed by atoms with E-state index in [1.165, 1.54) is 21.5 Å². The van der Waals surface area contributed by atoms with Crippen molar-refractivity contribution in [2.45, 2.75) is 6.10 Å². The van der Waals surface area contributed by atoms with Gasteiger partial charge in [-0.15, -0.1) is 0 Å². The Bertz CT molecular complexity index is 1150. The van der Waals surface area contributed by atoms with Crippen LogP contribution in [0.25, 0.3) is 38.4 Å². The summed E-state index contributed by atoms with van der Waals surface area (Å²) in [6.07, 6.45) is 1.22. The molecule has 1 aliphatic carbocycles. The summed E-state index contributed by atoms with van der Waals surface area (Å²) < 4.78 is 0. The van der Waals surface area contributed by atoms with E-state index in [0.717, 1.165) is 21.6 Å². The summed E-state index contributed by atoms with van der Waals surface area (Å²) in [5.74, 6) is 0. The van der Waals surface area contributed by atoms with Crippen molar-refractivity contribution in [1.82, 2.24) is 0 Å². The second-order valence-corrected chi connectivity index (χ2v) is 6.31. The highest BCUT2D eigenvalue weighted by atomic mass is 32.1. The summed E-state index contributed by atoms with van der Waals surface area (Å²) in [4.78, 5) is 0.594. The van der Waals surface area contributed by atoms with E-state index >= 15 is 0 Å². The predicted octanol–water partition coefficient (Wildman–Crippen LogP) is 4.06. The molecular formula is C20H12OS. The number of rotatable bonds is 0. The third-order valence-electron chi connectivity index (χ3n) is 4.69. The Kier molecular flexibility index (Phi) is 2.30. The van der Waals surface area contributed by atoms with Gasteiger partial charge in [-0.3, -0.25) is 0 Å². The molecule has 0 amide bonds. The fourth-order valence-electron chi connectivity index (χ4n) is 3.80. The van der Waals surface area contributed by atoms with E-state index in [2.05, 4.69) is 54.6 Å². The van der Waals surface area contributed by atoms with Gasteiger partial charge in [0.2, 0.25) is 0 Å². The number of hydrogen-bond acceptors (Lipinski definition) is 2. The van der Waals surface area contributed by atoms with Gasteiger partial charge >= 0.3 is 0 Å². The van der Waals surface area contributed by atoms with Crippen molar-refractivity contribution in [2.75, 3.05) is 0 Å². The first-order valence-corrected chi connectivity index (χ1v) is 7.76. The van der Waals surface area contributed by atoms with Crippen molar-refractivity contribution in [3.05, 3.63) is 65.4 Å². The highest BCUT2D eigenvalue weighted by Gasteiger charge is 2.24. The lowest BCUT2D eigenvalue weighted by atomic mass is 9.84. The van der Waals surface area contributed by atoms with Crippen LogP contribution in [0.15, 0.2) is 54.6 Å². The Balaban J connectivity index is 2.25. The van der Waals surface area contributed by atoms with Gasteiger partial charge in [0.1, 0.15) is 6.10 Å². The fourth-order valence-corrected chi connectivity index (χ4v) is 4.04. The van der Waals surface area contributed by atoms with Crippen LogP contribution >= 0.6 is 12.2 Å². The maximum atomic E-state index is 10.7. The molecule has 1 atom stereocenters. The number of aliphatic hydroxyl groups is 1. The maximum absolute atomic E-state index is 10.7. The minimum Gasteiger partial charge on any atom is -0.383 e. The Morgan fingerprint density at radius 2 is 1.41 bits per heavy atom. The molecule has 0 bridgehead atoms. The van der Waals surface area contributed by atoms with E-state index in [9.17, 15) is 5.11 Å². The molecule has 5 rings (SSSR count). The lowest BCUT2D eigenvalue weighted by molar-refractivity contribution is 0.254. The van der Waals surface area contributed by atoms with Gasteiger partial charge in [0.05, 0.1) is 0 Å². The quantitative estimate of drug-likeness (QED) is 0.300. The monoisotopic (exact) mass is 300 g/mol. The van der Waals surface area contributed by atoms with Gasteiger partial charge in [-0.25, -0.2) is 0 Å². The molecule has 0 radical (unpaired) electrons. The number of fused-ring (bicyclic) bond motifs is 2. The van der Waals surface area contributed by atoms with Crippen molar-refractivity contribution in [3.8, 4) is 0 Å². The highest BCUT2D eigenvalue weighted by Crippen LogP contribution is 2.39. The zero-order valence-corrected chi connectivity index (χ0v) is 12.5. The molecule has 104 valence electrons. The zero-order valence-electron chi connectivity index (χ0n) is 11.7. The van der Waals surface area contributed by atoms with E-state index in [4.69, 9.17) is 12.2 Å². The first-order chi connectivity index (χ1) is 10.8. The lowest BCUT2D eigenvalue weighted by Crippen LogP contribution is -2.20. The zero-order chi connectivity index (χ0) is 14.8. The van der Waals surface area contributed by atoms with Gasteiger partial charge in [0, 0.05) is 10.4 Å². The molecular weight excluding hydrogens is 288 g/mol. The Hall–Kier alpha value is -2.29. The van der Waals surface area contributed by atoms with E-state index in [1.807, 2.05) is 6.08 Å². The molecule has 0 aliphatic heterocycles. The van der Waals surface area contributed by atoms with E-state index < -0.39 is 6.10 Å². The summed E-state index contributed by atoms with van der Waals surface area (Å²) in [6.45, 7) is 0. The largest absolute Gasteiger partial charge is 0.383 e. The average molecular weight is 300 g/mol. The molecule has 0 aromatic heterocycles. The van der Waals surface area contributed by atoms with E-state index in [1.54, 1.807) is 0 Å². The molecule has 0 heterocycles. The Morgan fingerprint density at radius 3 is 2.18 bits per heavy atom. The molecule has 1 unspecified atom stereocenters. The molecule has 1 aliphatic rings. The van der Waals surface area contributed by atoms with Gasteiger partial charge < -0.3 is 5.11 Å². The molecule has 1 N–H and O–H groups in total. The smallest absolute Gasteiger partial charge is 0.115 e. The molecule has 0 spiro atoms. The van der Waals surface area contributed by atoms with Crippen LogP contribution < -0.4 is 5.22 Å². The predicted molar refractivity (Wildman–Crippen MR) is 96.2 cm³/mol. The second-order valence-electron chi connectivity index (χ2n) is 5.84. The van der Waals surface area contributed by atoms with Crippen LogP contribution in [-0.4, -0.2) is 9.97 Å². The summed E-state index contributed by atoms with van der Waals surface area (Å²) in [5, 5.41) is 18.9. The van der Waals surface area contributed by atoms with Crippen molar-refractivity contribution in [2.24, 2.45) is 0 Å². The number of thiocarbonyl (C=S) groups is 1. The molecule has 0 saturated carbocycles.